The van der Waals surface area contributed by atoms with Crippen molar-refractivity contribution in [3.8, 4) is 28.8 Å². The van der Waals surface area contributed by atoms with Gasteiger partial charge in [0.25, 0.3) is 11.8 Å². The zero-order valence-corrected chi connectivity index (χ0v) is 21.8. The second-order valence-corrected chi connectivity index (χ2v) is 9.28. The van der Waals surface area contributed by atoms with E-state index in [9.17, 15) is 14.9 Å². The molecule has 0 atom stereocenters. The van der Waals surface area contributed by atoms with E-state index in [4.69, 9.17) is 9.84 Å². The van der Waals surface area contributed by atoms with Crippen LogP contribution >= 0.6 is 0 Å². The van der Waals surface area contributed by atoms with E-state index in [1.54, 1.807) is 31.5 Å². The van der Waals surface area contributed by atoms with Crippen LogP contribution in [-0.2, 0) is 9.59 Å². The summed E-state index contributed by atoms with van der Waals surface area (Å²) >= 11 is 0. The first kappa shape index (κ1) is 25.6. The van der Waals surface area contributed by atoms with Gasteiger partial charge in [-0.1, -0.05) is 25.1 Å². The van der Waals surface area contributed by atoms with Crippen LogP contribution in [0, 0.1) is 18.3 Å². The average molecular weight is 495 g/mol. The predicted octanol–water partition coefficient (Wildman–Crippen LogP) is 5.64. The number of aromatic nitrogens is 2. The number of para-hydroxylation sites is 1. The maximum absolute atomic E-state index is 13.4. The molecule has 188 valence electrons. The van der Waals surface area contributed by atoms with Gasteiger partial charge in [0.05, 0.1) is 12.3 Å². The van der Waals surface area contributed by atoms with Crippen LogP contribution in [0.2, 0.25) is 0 Å². The molecule has 7 nitrogen and oxygen atoms in total. The number of carbonyl (C=O) groups is 2. The van der Waals surface area contributed by atoms with E-state index >= 15 is 0 Å². The highest BCUT2D eigenvalue weighted by Gasteiger charge is 2.37. The maximum Gasteiger partial charge on any atom is 0.271 e. The molecule has 0 spiro atoms. The molecule has 0 bridgehead atoms. The molecule has 37 heavy (non-hydrogen) atoms. The highest BCUT2D eigenvalue weighted by molar-refractivity contribution is 6.20. The topological polar surface area (TPSA) is 88.2 Å². The molecule has 0 aliphatic carbocycles. The Morgan fingerprint density at radius 2 is 1.81 bits per heavy atom. The van der Waals surface area contributed by atoms with E-state index < -0.39 is 11.8 Å². The van der Waals surface area contributed by atoms with Crippen molar-refractivity contribution in [3.63, 3.8) is 0 Å². The van der Waals surface area contributed by atoms with Crippen LogP contribution in [0.25, 0.3) is 23.0 Å². The van der Waals surface area contributed by atoms with Gasteiger partial charge in [0.1, 0.15) is 23.1 Å². The number of hydrogen-bond donors (Lipinski definition) is 0. The van der Waals surface area contributed by atoms with Gasteiger partial charge in [-0.25, -0.2) is 4.68 Å². The summed E-state index contributed by atoms with van der Waals surface area (Å²) in [6.45, 7) is 9.85. The lowest BCUT2D eigenvalue weighted by molar-refractivity contribution is -0.142. The van der Waals surface area contributed by atoms with Crippen molar-refractivity contribution < 1.29 is 14.3 Å². The summed E-state index contributed by atoms with van der Waals surface area (Å²) in [6, 6.07) is 17.2. The van der Waals surface area contributed by atoms with Gasteiger partial charge >= 0.3 is 0 Å². The van der Waals surface area contributed by atoms with Gasteiger partial charge in [-0.3, -0.25) is 14.5 Å². The standard InChI is InChI=1S/C30H30N4O3/c1-6-14-37-24-12-13-25(20(4)15-24)28-22(18-33(32-28)23-10-8-7-9-11-23)16-26-21(5)27(17-31)30(36)34(19(2)3)29(26)35/h7-13,15-16,18-19H,6,14H2,1-5H3/b26-16+. The summed E-state index contributed by atoms with van der Waals surface area (Å²) in [4.78, 5) is 27.4. The molecule has 0 saturated carbocycles. The summed E-state index contributed by atoms with van der Waals surface area (Å²) in [5, 5.41) is 14.6. The average Bonchev–Trinajstić information content (AvgIpc) is 3.29. The molecule has 0 radical (unpaired) electrons. The van der Waals surface area contributed by atoms with Gasteiger partial charge in [0.15, 0.2) is 0 Å². The van der Waals surface area contributed by atoms with Crippen molar-refractivity contribution in [2.24, 2.45) is 0 Å². The fourth-order valence-corrected chi connectivity index (χ4v) is 4.35. The van der Waals surface area contributed by atoms with Gasteiger partial charge in [0.2, 0.25) is 0 Å². The van der Waals surface area contributed by atoms with Crippen LogP contribution in [-0.4, -0.2) is 39.1 Å². The van der Waals surface area contributed by atoms with Gasteiger partial charge < -0.3 is 4.74 Å². The number of rotatable bonds is 7. The molecule has 2 heterocycles. The second kappa shape index (κ2) is 10.7. The van der Waals surface area contributed by atoms with Crippen LogP contribution in [0.5, 0.6) is 5.75 Å². The summed E-state index contributed by atoms with van der Waals surface area (Å²) in [7, 11) is 0. The molecular formula is C30H30N4O3. The number of nitrogens with zero attached hydrogens (tertiary/aromatic N) is 4. The molecule has 0 fully saturated rings. The Labute approximate surface area is 217 Å². The molecule has 2 aromatic carbocycles. The monoisotopic (exact) mass is 494 g/mol. The smallest absolute Gasteiger partial charge is 0.271 e. The van der Waals surface area contributed by atoms with Crippen LogP contribution < -0.4 is 4.74 Å². The van der Waals surface area contributed by atoms with Crippen molar-refractivity contribution >= 4 is 17.9 Å². The van der Waals surface area contributed by atoms with Crippen molar-refractivity contribution in [2.45, 2.75) is 47.1 Å². The van der Waals surface area contributed by atoms with E-state index in [0.717, 1.165) is 33.9 Å². The van der Waals surface area contributed by atoms with Gasteiger partial charge in [-0.15, -0.1) is 0 Å². The van der Waals surface area contributed by atoms with E-state index in [2.05, 4.69) is 6.92 Å². The zero-order valence-electron chi connectivity index (χ0n) is 21.8. The van der Waals surface area contributed by atoms with E-state index in [0.29, 0.717) is 29.0 Å². The largest absolute Gasteiger partial charge is 0.494 e. The van der Waals surface area contributed by atoms with Crippen LogP contribution in [0.3, 0.4) is 0 Å². The molecule has 0 unspecified atom stereocenters. The first-order chi connectivity index (χ1) is 17.8. The third-order valence-electron chi connectivity index (χ3n) is 6.28. The summed E-state index contributed by atoms with van der Waals surface area (Å²) < 4.78 is 7.56. The number of benzene rings is 2. The Bertz CT molecular complexity index is 1460. The van der Waals surface area contributed by atoms with Crippen molar-refractivity contribution in [1.29, 1.82) is 5.26 Å². The summed E-state index contributed by atoms with van der Waals surface area (Å²) in [6.07, 6.45) is 4.52. The lowest BCUT2D eigenvalue weighted by Gasteiger charge is -2.30. The van der Waals surface area contributed by atoms with E-state index in [1.807, 2.05) is 67.7 Å². The molecule has 7 heteroatoms. The lowest BCUT2D eigenvalue weighted by atomic mass is 9.92. The fraction of sp³-hybridized carbons (Fsp3) is 0.267. The second-order valence-electron chi connectivity index (χ2n) is 9.28. The SMILES string of the molecule is CCCOc1ccc(-c2nn(-c3ccccc3)cc2/C=C2/C(=O)N(C(C)C)C(=O)C(C#N)=C2C)c(C)c1. The number of hydrogen-bond acceptors (Lipinski definition) is 5. The van der Waals surface area contributed by atoms with Crippen LogP contribution in [0.1, 0.15) is 45.2 Å². The number of carbonyl (C=O) groups excluding carboxylic acids is 2. The summed E-state index contributed by atoms with van der Waals surface area (Å²) in [5.41, 5.74) is 4.78. The fourth-order valence-electron chi connectivity index (χ4n) is 4.35. The number of ether oxygens (including phenoxy) is 1. The molecule has 4 rings (SSSR count). The Balaban J connectivity index is 1.91. The third kappa shape index (κ3) is 4.96. The van der Waals surface area contributed by atoms with Crippen molar-refractivity contribution in [2.75, 3.05) is 6.61 Å². The zero-order chi connectivity index (χ0) is 26.7. The normalized spacial score (nSPS) is 15.1. The van der Waals surface area contributed by atoms with E-state index in [1.165, 1.54) is 0 Å². The lowest BCUT2D eigenvalue weighted by Crippen LogP contribution is -2.46. The Hall–Kier alpha value is -4.44. The first-order valence-electron chi connectivity index (χ1n) is 12.4. The van der Waals surface area contributed by atoms with Crippen molar-refractivity contribution in [1.82, 2.24) is 14.7 Å². The van der Waals surface area contributed by atoms with E-state index in [-0.39, 0.29) is 11.6 Å². The van der Waals surface area contributed by atoms with Crippen LogP contribution in [0.15, 0.2) is 71.4 Å². The Morgan fingerprint density at radius 3 is 2.43 bits per heavy atom. The minimum atomic E-state index is -0.559. The molecule has 1 aromatic heterocycles. The Morgan fingerprint density at radius 1 is 1.08 bits per heavy atom. The maximum atomic E-state index is 13.4. The Kier molecular flexibility index (Phi) is 7.40. The van der Waals surface area contributed by atoms with Gasteiger partial charge in [-0.05, 0) is 81.7 Å². The number of imide groups is 1. The van der Waals surface area contributed by atoms with Crippen LogP contribution in [0.4, 0.5) is 0 Å². The quantitative estimate of drug-likeness (QED) is 0.313. The highest BCUT2D eigenvalue weighted by atomic mass is 16.5. The third-order valence-corrected chi connectivity index (χ3v) is 6.28. The summed E-state index contributed by atoms with van der Waals surface area (Å²) in [5.74, 6) is -0.192. The molecule has 0 N–H and O–H groups in total. The molecule has 1 aliphatic rings. The number of aryl methyl sites for hydroxylation is 1. The minimum Gasteiger partial charge on any atom is -0.494 e. The molecule has 2 amide bonds. The molecule has 0 saturated heterocycles. The van der Waals surface area contributed by atoms with Crippen molar-refractivity contribution in [3.05, 3.63) is 82.6 Å². The predicted molar refractivity (Wildman–Crippen MR) is 143 cm³/mol. The number of amides is 2. The molecule has 3 aromatic rings. The van der Waals surface area contributed by atoms with Gasteiger partial charge in [0, 0.05) is 28.9 Å². The molecular weight excluding hydrogens is 464 g/mol. The minimum absolute atomic E-state index is 0.0230. The molecule has 1 aliphatic heterocycles. The number of nitriles is 1. The highest BCUT2D eigenvalue weighted by Crippen LogP contribution is 2.34. The first-order valence-corrected chi connectivity index (χ1v) is 12.4. The van der Waals surface area contributed by atoms with Gasteiger partial charge in [-0.2, -0.15) is 10.4 Å².